The van der Waals surface area contributed by atoms with E-state index in [2.05, 4.69) is 0 Å². The number of piperazine rings is 1. The molecule has 1 aromatic carbocycles. The SMILES string of the molecule is COc1ccc(N2CCN(Cc3cc(=O)c(OC)co3)[C@H](C)C2=O)cc1. The summed E-state index contributed by atoms with van der Waals surface area (Å²) in [6, 6.07) is 8.52. The van der Waals surface area contributed by atoms with E-state index < -0.39 is 0 Å². The van der Waals surface area contributed by atoms with Gasteiger partial charge >= 0.3 is 0 Å². The Hall–Kier alpha value is -2.80. The Bertz CT molecular complexity index is 831. The van der Waals surface area contributed by atoms with Crippen LogP contribution in [-0.4, -0.2) is 44.2 Å². The van der Waals surface area contributed by atoms with Crippen molar-refractivity contribution in [2.24, 2.45) is 0 Å². The molecule has 0 spiro atoms. The summed E-state index contributed by atoms with van der Waals surface area (Å²) < 4.78 is 15.5. The van der Waals surface area contributed by atoms with E-state index in [1.54, 1.807) is 12.0 Å². The molecule has 1 atom stereocenters. The summed E-state index contributed by atoms with van der Waals surface area (Å²) in [5, 5.41) is 0. The zero-order chi connectivity index (χ0) is 18.7. The van der Waals surface area contributed by atoms with Gasteiger partial charge in [-0.05, 0) is 31.2 Å². The first-order chi connectivity index (χ1) is 12.5. The summed E-state index contributed by atoms with van der Waals surface area (Å²) in [5.74, 6) is 1.44. The van der Waals surface area contributed by atoms with Gasteiger partial charge in [0.25, 0.3) is 0 Å². The third-order valence-corrected chi connectivity index (χ3v) is 4.60. The van der Waals surface area contributed by atoms with Gasteiger partial charge in [0.15, 0.2) is 0 Å². The van der Waals surface area contributed by atoms with Gasteiger partial charge in [-0.3, -0.25) is 14.5 Å². The normalized spacial score (nSPS) is 18.0. The second-order valence-electron chi connectivity index (χ2n) is 6.11. The minimum Gasteiger partial charge on any atom is -0.497 e. The molecule has 2 heterocycles. The smallest absolute Gasteiger partial charge is 0.244 e. The molecule has 3 rings (SSSR count). The van der Waals surface area contributed by atoms with Gasteiger partial charge in [-0.15, -0.1) is 0 Å². The third-order valence-electron chi connectivity index (χ3n) is 4.60. The van der Waals surface area contributed by atoms with E-state index in [1.165, 1.54) is 19.4 Å². The average Bonchev–Trinajstić information content (AvgIpc) is 2.66. The predicted molar refractivity (Wildman–Crippen MR) is 96.7 cm³/mol. The lowest BCUT2D eigenvalue weighted by Gasteiger charge is -2.38. The number of anilines is 1. The van der Waals surface area contributed by atoms with Gasteiger partial charge in [-0.25, -0.2) is 0 Å². The van der Waals surface area contributed by atoms with Gasteiger partial charge < -0.3 is 18.8 Å². The van der Waals surface area contributed by atoms with Crippen LogP contribution >= 0.6 is 0 Å². The van der Waals surface area contributed by atoms with E-state index in [4.69, 9.17) is 13.9 Å². The lowest BCUT2D eigenvalue weighted by atomic mass is 10.1. The molecule has 7 heteroatoms. The number of benzene rings is 1. The van der Waals surface area contributed by atoms with E-state index in [-0.39, 0.29) is 23.1 Å². The molecular formula is C19H22N2O5. The number of hydrogen-bond acceptors (Lipinski definition) is 6. The number of rotatable bonds is 5. The van der Waals surface area contributed by atoms with Gasteiger partial charge in [0.05, 0.1) is 26.8 Å². The molecular weight excluding hydrogens is 336 g/mol. The van der Waals surface area contributed by atoms with Crippen LogP contribution in [0, 0.1) is 0 Å². The monoisotopic (exact) mass is 358 g/mol. The second-order valence-corrected chi connectivity index (χ2v) is 6.11. The molecule has 0 saturated carbocycles. The van der Waals surface area contributed by atoms with Gasteiger partial charge in [0.1, 0.15) is 17.8 Å². The number of carbonyl (C=O) groups excluding carboxylic acids is 1. The van der Waals surface area contributed by atoms with Crippen molar-refractivity contribution >= 4 is 11.6 Å². The van der Waals surface area contributed by atoms with E-state index in [1.807, 2.05) is 36.1 Å². The molecule has 0 bridgehead atoms. The number of ether oxygens (including phenoxy) is 2. The lowest BCUT2D eigenvalue weighted by Crippen LogP contribution is -2.55. The van der Waals surface area contributed by atoms with Crippen LogP contribution in [0.1, 0.15) is 12.7 Å². The van der Waals surface area contributed by atoms with Crippen LogP contribution in [0.15, 0.2) is 45.8 Å². The van der Waals surface area contributed by atoms with Gasteiger partial charge in [0.2, 0.25) is 17.1 Å². The van der Waals surface area contributed by atoms with Gasteiger partial charge in [0, 0.05) is 24.8 Å². The third kappa shape index (κ3) is 3.57. The Kier molecular flexibility index (Phi) is 5.27. The Labute approximate surface area is 151 Å². The van der Waals surface area contributed by atoms with E-state index in [0.29, 0.717) is 25.4 Å². The largest absolute Gasteiger partial charge is 0.497 e. The highest BCUT2D eigenvalue weighted by molar-refractivity contribution is 5.97. The molecule has 1 aromatic heterocycles. The Balaban J connectivity index is 1.71. The van der Waals surface area contributed by atoms with Crippen molar-refractivity contribution in [2.75, 3.05) is 32.2 Å². The van der Waals surface area contributed by atoms with E-state index in [9.17, 15) is 9.59 Å². The summed E-state index contributed by atoms with van der Waals surface area (Å²) in [6.45, 7) is 3.49. The molecule has 1 fully saturated rings. The second kappa shape index (κ2) is 7.61. The zero-order valence-electron chi connectivity index (χ0n) is 15.1. The first-order valence-electron chi connectivity index (χ1n) is 8.38. The van der Waals surface area contributed by atoms with Crippen LogP contribution in [0.2, 0.25) is 0 Å². The summed E-state index contributed by atoms with van der Waals surface area (Å²) in [5.41, 5.74) is 0.614. The standard InChI is InChI=1S/C19H22N2O5/c1-13-19(23)21(14-4-6-15(24-2)7-5-14)9-8-20(13)11-16-10-17(22)18(25-3)12-26-16/h4-7,10,12-13H,8-9,11H2,1-3H3/t13-/m1/s1. The first kappa shape index (κ1) is 18.0. The average molecular weight is 358 g/mol. The maximum atomic E-state index is 12.8. The topological polar surface area (TPSA) is 72.2 Å². The molecule has 138 valence electrons. The van der Waals surface area contributed by atoms with Crippen molar-refractivity contribution in [1.29, 1.82) is 0 Å². The molecule has 26 heavy (non-hydrogen) atoms. The molecule has 0 N–H and O–H groups in total. The molecule has 1 amide bonds. The molecule has 0 aliphatic carbocycles. The van der Waals surface area contributed by atoms with Crippen LogP contribution in [0.4, 0.5) is 5.69 Å². The highest BCUT2D eigenvalue weighted by Crippen LogP contribution is 2.24. The highest BCUT2D eigenvalue weighted by atomic mass is 16.5. The molecule has 2 aromatic rings. The van der Waals surface area contributed by atoms with Crippen molar-refractivity contribution < 1.29 is 18.7 Å². The Morgan fingerprint density at radius 3 is 2.46 bits per heavy atom. The number of amides is 1. The van der Waals surface area contributed by atoms with Gasteiger partial charge in [-0.2, -0.15) is 0 Å². The fourth-order valence-electron chi connectivity index (χ4n) is 3.02. The Morgan fingerprint density at radius 1 is 1.12 bits per heavy atom. The summed E-state index contributed by atoms with van der Waals surface area (Å²) >= 11 is 0. The van der Waals surface area contributed by atoms with Crippen molar-refractivity contribution in [3.05, 3.63) is 52.6 Å². The number of carbonyl (C=O) groups is 1. The molecule has 1 aliphatic rings. The lowest BCUT2D eigenvalue weighted by molar-refractivity contribution is -0.125. The summed E-state index contributed by atoms with van der Waals surface area (Å²) in [6.07, 6.45) is 1.30. The Morgan fingerprint density at radius 2 is 1.85 bits per heavy atom. The maximum absolute atomic E-state index is 12.8. The fourth-order valence-corrected chi connectivity index (χ4v) is 3.02. The van der Waals surface area contributed by atoms with Crippen LogP contribution < -0.4 is 19.8 Å². The van der Waals surface area contributed by atoms with Crippen LogP contribution in [-0.2, 0) is 11.3 Å². The number of nitrogens with zero attached hydrogens (tertiary/aromatic N) is 2. The molecule has 1 aliphatic heterocycles. The van der Waals surface area contributed by atoms with Crippen molar-refractivity contribution in [1.82, 2.24) is 4.90 Å². The maximum Gasteiger partial charge on any atom is 0.244 e. The molecule has 7 nitrogen and oxygen atoms in total. The number of methoxy groups -OCH3 is 2. The van der Waals surface area contributed by atoms with Crippen LogP contribution in [0.3, 0.4) is 0 Å². The molecule has 1 saturated heterocycles. The van der Waals surface area contributed by atoms with E-state index in [0.717, 1.165) is 11.4 Å². The minimum absolute atomic E-state index is 0.0114. The number of hydrogen-bond donors (Lipinski definition) is 0. The van der Waals surface area contributed by atoms with E-state index >= 15 is 0 Å². The quantitative estimate of drug-likeness (QED) is 0.813. The van der Waals surface area contributed by atoms with Crippen molar-refractivity contribution in [3.8, 4) is 11.5 Å². The van der Waals surface area contributed by atoms with Gasteiger partial charge in [-0.1, -0.05) is 0 Å². The van der Waals surface area contributed by atoms with Crippen LogP contribution in [0.5, 0.6) is 11.5 Å². The van der Waals surface area contributed by atoms with Crippen LogP contribution in [0.25, 0.3) is 0 Å². The molecule has 0 unspecified atom stereocenters. The summed E-state index contributed by atoms with van der Waals surface area (Å²) in [7, 11) is 3.03. The minimum atomic E-state index is -0.321. The first-order valence-corrected chi connectivity index (χ1v) is 8.38. The molecule has 0 radical (unpaired) electrons. The van der Waals surface area contributed by atoms with Crippen molar-refractivity contribution in [2.45, 2.75) is 19.5 Å². The summed E-state index contributed by atoms with van der Waals surface area (Å²) in [4.78, 5) is 28.4. The predicted octanol–water partition coefficient (Wildman–Crippen LogP) is 1.89. The zero-order valence-corrected chi connectivity index (χ0v) is 15.1. The highest BCUT2D eigenvalue weighted by Gasteiger charge is 2.32. The van der Waals surface area contributed by atoms with Crippen molar-refractivity contribution in [3.63, 3.8) is 0 Å². The fraction of sp³-hybridized carbons (Fsp3) is 0.368.